The lowest BCUT2D eigenvalue weighted by atomic mass is 10.1. The second kappa shape index (κ2) is 4.28. The summed E-state index contributed by atoms with van der Waals surface area (Å²) < 4.78 is 23.5. The van der Waals surface area contributed by atoms with Gasteiger partial charge in [0, 0.05) is 17.9 Å². The first kappa shape index (κ1) is 9.93. The monoisotopic (exact) mass is 206 g/mol. The van der Waals surface area contributed by atoms with E-state index < -0.39 is 0 Å². The summed E-state index contributed by atoms with van der Waals surface area (Å²) in [7, 11) is 1.55. The lowest BCUT2D eigenvalue weighted by molar-refractivity contribution is 0.0522. The molecule has 0 saturated carbocycles. The summed E-state index contributed by atoms with van der Waals surface area (Å²) >= 11 is 0. The van der Waals surface area contributed by atoms with Gasteiger partial charge in [0.1, 0.15) is 11.6 Å². The average Bonchev–Trinajstić information content (AvgIpc) is 2.29. The highest BCUT2D eigenvalue weighted by atomic mass is 19.1. The van der Waals surface area contributed by atoms with Crippen LogP contribution in [0.4, 0.5) is 4.39 Å². The van der Waals surface area contributed by atoms with Gasteiger partial charge in [-0.3, -0.25) is 0 Å². The Hall–Kier alpha value is -1.61. The zero-order valence-electron chi connectivity index (χ0n) is 8.37. The molecule has 0 radical (unpaired) electrons. The number of hydrogen-bond acceptors (Lipinski definition) is 2. The predicted molar refractivity (Wildman–Crippen MR) is 56.4 cm³/mol. The van der Waals surface area contributed by atoms with Gasteiger partial charge in [0.05, 0.1) is 0 Å². The number of rotatable bonds is 3. The average molecular weight is 206 g/mol. The molecule has 2 rings (SSSR count). The minimum Gasteiger partial charge on any atom is -0.467 e. The van der Waals surface area contributed by atoms with E-state index in [-0.39, 0.29) is 12.6 Å². The van der Waals surface area contributed by atoms with E-state index in [2.05, 4.69) is 0 Å². The number of hydrogen-bond donors (Lipinski definition) is 0. The van der Waals surface area contributed by atoms with Crippen LogP contribution in [-0.4, -0.2) is 13.9 Å². The molecule has 0 atom stereocenters. The van der Waals surface area contributed by atoms with Gasteiger partial charge in [-0.15, -0.1) is 0 Å². The summed E-state index contributed by atoms with van der Waals surface area (Å²) in [6.07, 6.45) is 0. The number of fused-ring (bicyclic) bond motifs is 1. The highest BCUT2D eigenvalue weighted by Gasteiger charge is 2.05. The molecule has 0 bridgehead atoms. The van der Waals surface area contributed by atoms with E-state index >= 15 is 0 Å². The topological polar surface area (TPSA) is 18.5 Å². The Kier molecular flexibility index (Phi) is 2.83. The van der Waals surface area contributed by atoms with Crippen LogP contribution >= 0.6 is 0 Å². The second-order valence-corrected chi connectivity index (χ2v) is 3.14. The van der Waals surface area contributed by atoms with Crippen molar-refractivity contribution in [3.05, 3.63) is 42.2 Å². The molecule has 0 heterocycles. The minimum absolute atomic E-state index is 0.162. The Morgan fingerprint density at radius 3 is 2.53 bits per heavy atom. The van der Waals surface area contributed by atoms with Gasteiger partial charge in [-0.2, -0.15) is 0 Å². The van der Waals surface area contributed by atoms with Gasteiger partial charge in [0.15, 0.2) is 6.79 Å². The van der Waals surface area contributed by atoms with Crippen LogP contribution in [0.15, 0.2) is 36.4 Å². The molecule has 0 aliphatic rings. The van der Waals surface area contributed by atoms with Crippen molar-refractivity contribution in [1.82, 2.24) is 0 Å². The molecule has 0 saturated heterocycles. The van der Waals surface area contributed by atoms with Gasteiger partial charge in [-0.25, -0.2) is 4.39 Å². The predicted octanol–water partition coefficient (Wildman–Crippen LogP) is 2.96. The van der Waals surface area contributed by atoms with E-state index in [1.54, 1.807) is 25.3 Å². The lowest BCUT2D eigenvalue weighted by Gasteiger charge is -2.08. The van der Waals surface area contributed by atoms with Gasteiger partial charge in [-0.1, -0.05) is 24.3 Å². The summed E-state index contributed by atoms with van der Waals surface area (Å²) in [5, 5.41) is 1.32. The molecule has 3 heteroatoms. The second-order valence-electron chi connectivity index (χ2n) is 3.14. The number of methoxy groups -OCH3 is 1. The first-order valence-corrected chi connectivity index (χ1v) is 4.62. The van der Waals surface area contributed by atoms with Crippen LogP contribution in [0.3, 0.4) is 0 Å². The van der Waals surface area contributed by atoms with Crippen molar-refractivity contribution in [2.75, 3.05) is 13.9 Å². The third-order valence-electron chi connectivity index (χ3n) is 2.16. The largest absolute Gasteiger partial charge is 0.467 e. The molecule has 0 spiro atoms. The lowest BCUT2D eigenvalue weighted by Crippen LogP contribution is -1.99. The Bertz CT molecular complexity index is 468. The summed E-state index contributed by atoms with van der Waals surface area (Å²) in [5.74, 6) is 0.393. The summed E-state index contributed by atoms with van der Waals surface area (Å²) in [6, 6.07) is 10.2. The van der Waals surface area contributed by atoms with Gasteiger partial charge >= 0.3 is 0 Å². The highest BCUT2D eigenvalue weighted by molar-refractivity contribution is 5.88. The van der Waals surface area contributed by atoms with Crippen LogP contribution in [0.25, 0.3) is 10.8 Å². The minimum atomic E-state index is -0.240. The van der Waals surface area contributed by atoms with Gasteiger partial charge in [-0.05, 0) is 12.1 Å². The van der Waals surface area contributed by atoms with E-state index in [0.717, 1.165) is 5.39 Å². The SMILES string of the molecule is COCOc1ccc(F)c2ccccc12. The molecule has 0 aromatic heterocycles. The van der Waals surface area contributed by atoms with E-state index in [1.165, 1.54) is 6.07 Å². The summed E-state index contributed by atoms with van der Waals surface area (Å²) in [5.41, 5.74) is 0. The highest BCUT2D eigenvalue weighted by Crippen LogP contribution is 2.27. The van der Waals surface area contributed by atoms with Crippen LogP contribution < -0.4 is 4.74 Å². The fourth-order valence-corrected chi connectivity index (χ4v) is 1.48. The van der Waals surface area contributed by atoms with E-state index in [4.69, 9.17) is 9.47 Å². The van der Waals surface area contributed by atoms with Crippen molar-refractivity contribution >= 4 is 10.8 Å². The van der Waals surface area contributed by atoms with Crippen molar-refractivity contribution in [1.29, 1.82) is 0 Å². The van der Waals surface area contributed by atoms with E-state index in [9.17, 15) is 4.39 Å². The molecule has 0 aliphatic heterocycles. The summed E-state index contributed by atoms with van der Waals surface area (Å²) in [6.45, 7) is 0.162. The molecule has 0 fully saturated rings. The van der Waals surface area contributed by atoms with Gasteiger partial charge in [0.2, 0.25) is 0 Å². The maximum absolute atomic E-state index is 13.4. The Balaban J connectivity index is 2.51. The molecule has 0 aliphatic carbocycles. The number of benzene rings is 2. The van der Waals surface area contributed by atoms with Crippen molar-refractivity contribution in [3.63, 3.8) is 0 Å². The van der Waals surface area contributed by atoms with E-state index in [0.29, 0.717) is 11.1 Å². The van der Waals surface area contributed by atoms with Crippen LogP contribution in [0.2, 0.25) is 0 Å². The normalized spacial score (nSPS) is 10.5. The summed E-state index contributed by atoms with van der Waals surface area (Å²) in [4.78, 5) is 0. The standard InChI is InChI=1S/C12H11FO2/c1-14-8-15-12-7-6-11(13)9-4-2-3-5-10(9)12/h2-7H,8H2,1H3. The van der Waals surface area contributed by atoms with E-state index in [1.807, 2.05) is 12.1 Å². The molecule has 78 valence electrons. The van der Waals surface area contributed by atoms with Gasteiger partial charge < -0.3 is 9.47 Å². The molecule has 2 nitrogen and oxygen atoms in total. The fraction of sp³-hybridized carbons (Fsp3) is 0.167. The van der Waals surface area contributed by atoms with Crippen molar-refractivity contribution < 1.29 is 13.9 Å². The van der Waals surface area contributed by atoms with Gasteiger partial charge in [0.25, 0.3) is 0 Å². The van der Waals surface area contributed by atoms with Crippen molar-refractivity contribution in [2.45, 2.75) is 0 Å². The van der Waals surface area contributed by atoms with Crippen LogP contribution in [0, 0.1) is 5.82 Å². The molecular formula is C12H11FO2. The fourth-order valence-electron chi connectivity index (χ4n) is 1.48. The first-order chi connectivity index (χ1) is 7.33. The van der Waals surface area contributed by atoms with Crippen molar-refractivity contribution in [2.24, 2.45) is 0 Å². The molecule has 0 amide bonds. The smallest absolute Gasteiger partial charge is 0.188 e. The molecule has 0 N–H and O–H groups in total. The zero-order valence-corrected chi connectivity index (χ0v) is 8.37. The zero-order chi connectivity index (χ0) is 10.7. The molecule has 15 heavy (non-hydrogen) atoms. The molecule has 2 aromatic carbocycles. The molecular weight excluding hydrogens is 195 g/mol. The molecule has 0 unspecified atom stereocenters. The van der Waals surface area contributed by atoms with Crippen LogP contribution in [0.1, 0.15) is 0 Å². The first-order valence-electron chi connectivity index (χ1n) is 4.62. The molecule has 2 aromatic rings. The van der Waals surface area contributed by atoms with Crippen LogP contribution in [0.5, 0.6) is 5.75 Å². The quantitative estimate of drug-likeness (QED) is 0.719. The number of halogens is 1. The maximum Gasteiger partial charge on any atom is 0.188 e. The third-order valence-corrected chi connectivity index (χ3v) is 2.16. The Labute approximate surface area is 87.2 Å². The van der Waals surface area contributed by atoms with Crippen LogP contribution in [-0.2, 0) is 4.74 Å². The Morgan fingerprint density at radius 2 is 1.80 bits per heavy atom. The third kappa shape index (κ3) is 1.92. The maximum atomic E-state index is 13.4. The number of ether oxygens (including phenoxy) is 2. The Morgan fingerprint density at radius 1 is 1.07 bits per heavy atom. The van der Waals surface area contributed by atoms with Crippen molar-refractivity contribution in [3.8, 4) is 5.75 Å².